The van der Waals surface area contributed by atoms with Crippen molar-refractivity contribution < 1.29 is 9.59 Å². The number of hydrogen-bond acceptors (Lipinski definition) is 3. The molecule has 2 aromatic rings. The zero-order chi connectivity index (χ0) is 17.5. The standard InChI is InChI=1S/C20H23N3O2/c24-19(7-6-16-4-2-1-3-5-16)22-18-10-14-23(15-11-18)20(25)17-8-12-21-13-9-17/h1-5,8-9,12-13,18H,6-7,10-11,14-15H2,(H,22,24). The molecule has 1 aliphatic heterocycles. The van der Waals surface area contributed by atoms with Gasteiger partial charge in [0.1, 0.15) is 0 Å². The molecule has 1 N–H and O–H groups in total. The van der Waals surface area contributed by atoms with E-state index in [1.54, 1.807) is 24.5 Å². The number of benzene rings is 1. The van der Waals surface area contributed by atoms with Gasteiger partial charge in [-0.15, -0.1) is 0 Å². The molecule has 1 aromatic heterocycles. The third-order valence-electron chi connectivity index (χ3n) is 4.56. The summed E-state index contributed by atoms with van der Waals surface area (Å²) in [6, 6.07) is 13.7. The Morgan fingerprint density at radius 3 is 2.40 bits per heavy atom. The Kier molecular flexibility index (Phi) is 5.77. The Morgan fingerprint density at radius 1 is 1.04 bits per heavy atom. The van der Waals surface area contributed by atoms with Crippen LogP contribution in [0.2, 0.25) is 0 Å². The molecule has 0 saturated carbocycles. The van der Waals surface area contributed by atoms with Gasteiger partial charge in [0.05, 0.1) is 0 Å². The monoisotopic (exact) mass is 337 g/mol. The largest absolute Gasteiger partial charge is 0.353 e. The van der Waals surface area contributed by atoms with E-state index in [4.69, 9.17) is 0 Å². The van der Waals surface area contributed by atoms with Crippen LogP contribution in [0.25, 0.3) is 0 Å². The smallest absolute Gasteiger partial charge is 0.253 e. The molecule has 0 aliphatic carbocycles. The second kappa shape index (κ2) is 8.42. The summed E-state index contributed by atoms with van der Waals surface area (Å²) in [6.45, 7) is 1.34. The van der Waals surface area contributed by atoms with E-state index in [-0.39, 0.29) is 17.9 Å². The fraction of sp³-hybridized carbons (Fsp3) is 0.350. The summed E-state index contributed by atoms with van der Waals surface area (Å²) >= 11 is 0. The molecule has 2 heterocycles. The van der Waals surface area contributed by atoms with Gasteiger partial charge in [0.25, 0.3) is 5.91 Å². The maximum Gasteiger partial charge on any atom is 0.253 e. The number of carbonyl (C=O) groups is 2. The lowest BCUT2D eigenvalue weighted by Gasteiger charge is -2.32. The van der Waals surface area contributed by atoms with Crippen molar-refractivity contribution in [2.24, 2.45) is 0 Å². The first kappa shape index (κ1) is 17.1. The third-order valence-corrected chi connectivity index (χ3v) is 4.56. The molecule has 2 amide bonds. The van der Waals surface area contributed by atoms with Crippen LogP contribution in [0, 0.1) is 0 Å². The highest BCUT2D eigenvalue weighted by Crippen LogP contribution is 2.14. The maximum atomic E-state index is 12.4. The fourth-order valence-electron chi connectivity index (χ4n) is 3.11. The first-order chi connectivity index (χ1) is 12.2. The van der Waals surface area contributed by atoms with Gasteiger partial charge < -0.3 is 10.2 Å². The molecule has 0 atom stereocenters. The molecule has 5 heteroatoms. The van der Waals surface area contributed by atoms with Crippen molar-refractivity contribution in [1.29, 1.82) is 0 Å². The minimum atomic E-state index is 0.0382. The van der Waals surface area contributed by atoms with E-state index in [0.717, 1.165) is 19.3 Å². The van der Waals surface area contributed by atoms with E-state index in [9.17, 15) is 9.59 Å². The van der Waals surface area contributed by atoms with Crippen molar-refractivity contribution >= 4 is 11.8 Å². The minimum Gasteiger partial charge on any atom is -0.353 e. The summed E-state index contributed by atoms with van der Waals surface area (Å²) in [5.74, 6) is 0.124. The van der Waals surface area contributed by atoms with Gasteiger partial charge in [0, 0.05) is 43.5 Å². The molecule has 1 fully saturated rings. The van der Waals surface area contributed by atoms with Crippen molar-refractivity contribution in [3.05, 3.63) is 66.0 Å². The lowest BCUT2D eigenvalue weighted by atomic mass is 10.0. The van der Waals surface area contributed by atoms with Crippen molar-refractivity contribution in [1.82, 2.24) is 15.2 Å². The zero-order valence-corrected chi connectivity index (χ0v) is 14.2. The van der Waals surface area contributed by atoms with E-state index in [1.165, 1.54) is 5.56 Å². The number of rotatable bonds is 5. The predicted octanol–water partition coefficient (Wildman–Crippen LogP) is 2.44. The number of nitrogens with one attached hydrogen (secondary N) is 1. The molecular formula is C20H23N3O2. The molecule has 0 radical (unpaired) electrons. The van der Waals surface area contributed by atoms with Crippen LogP contribution >= 0.6 is 0 Å². The lowest BCUT2D eigenvalue weighted by Crippen LogP contribution is -2.46. The second-order valence-corrected chi connectivity index (χ2v) is 6.36. The van der Waals surface area contributed by atoms with E-state index >= 15 is 0 Å². The molecule has 5 nitrogen and oxygen atoms in total. The van der Waals surface area contributed by atoms with E-state index in [0.29, 0.717) is 25.1 Å². The van der Waals surface area contributed by atoms with Gasteiger partial charge in [-0.2, -0.15) is 0 Å². The lowest BCUT2D eigenvalue weighted by molar-refractivity contribution is -0.122. The third kappa shape index (κ3) is 4.89. The Bertz CT molecular complexity index is 695. The summed E-state index contributed by atoms with van der Waals surface area (Å²) in [6.07, 6.45) is 6.12. The van der Waals surface area contributed by atoms with E-state index in [2.05, 4.69) is 10.3 Å². The van der Waals surface area contributed by atoms with Crippen molar-refractivity contribution in [3.8, 4) is 0 Å². The number of nitrogens with zero attached hydrogens (tertiary/aromatic N) is 2. The summed E-state index contributed by atoms with van der Waals surface area (Å²) in [4.78, 5) is 30.3. The van der Waals surface area contributed by atoms with Crippen LogP contribution in [0.4, 0.5) is 0 Å². The van der Waals surface area contributed by atoms with Crippen LogP contribution in [0.15, 0.2) is 54.9 Å². The number of piperidine rings is 1. The van der Waals surface area contributed by atoms with Crippen molar-refractivity contribution in [2.75, 3.05) is 13.1 Å². The van der Waals surface area contributed by atoms with Crippen LogP contribution in [0.5, 0.6) is 0 Å². The molecular weight excluding hydrogens is 314 g/mol. The minimum absolute atomic E-state index is 0.0382. The second-order valence-electron chi connectivity index (χ2n) is 6.36. The Morgan fingerprint density at radius 2 is 1.72 bits per heavy atom. The quantitative estimate of drug-likeness (QED) is 0.911. The van der Waals surface area contributed by atoms with E-state index < -0.39 is 0 Å². The van der Waals surface area contributed by atoms with Crippen LogP contribution in [0.1, 0.15) is 35.2 Å². The Labute approximate surface area is 148 Å². The van der Waals surface area contributed by atoms with Crippen LogP contribution < -0.4 is 5.32 Å². The highest BCUT2D eigenvalue weighted by Gasteiger charge is 2.24. The normalized spacial score (nSPS) is 15.0. The Hall–Kier alpha value is -2.69. The molecule has 0 bridgehead atoms. The molecule has 25 heavy (non-hydrogen) atoms. The average molecular weight is 337 g/mol. The fourth-order valence-corrected chi connectivity index (χ4v) is 3.11. The summed E-state index contributed by atoms with van der Waals surface area (Å²) in [5.41, 5.74) is 1.84. The highest BCUT2D eigenvalue weighted by atomic mass is 16.2. The average Bonchev–Trinajstić information content (AvgIpc) is 2.68. The summed E-state index contributed by atoms with van der Waals surface area (Å²) in [5, 5.41) is 3.10. The molecule has 3 rings (SSSR count). The van der Waals surface area contributed by atoms with Gasteiger partial charge in [-0.25, -0.2) is 0 Å². The van der Waals surface area contributed by atoms with Crippen LogP contribution in [-0.2, 0) is 11.2 Å². The van der Waals surface area contributed by atoms with Crippen LogP contribution in [-0.4, -0.2) is 40.8 Å². The van der Waals surface area contributed by atoms with Gasteiger partial charge >= 0.3 is 0 Å². The zero-order valence-electron chi connectivity index (χ0n) is 14.2. The van der Waals surface area contributed by atoms with Gasteiger partial charge in [0.15, 0.2) is 0 Å². The number of carbonyl (C=O) groups excluding carboxylic acids is 2. The summed E-state index contributed by atoms with van der Waals surface area (Å²) < 4.78 is 0. The van der Waals surface area contributed by atoms with E-state index in [1.807, 2.05) is 35.2 Å². The number of likely N-dealkylation sites (tertiary alicyclic amines) is 1. The number of aryl methyl sites for hydroxylation is 1. The van der Waals surface area contributed by atoms with Crippen molar-refractivity contribution in [2.45, 2.75) is 31.7 Å². The topological polar surface area (TPSA) is 62.3 Å². The number of amides is 2. The molecule has 0 spiro atoms. The Balaban J connectivity index is 1.41. The molecule has 1 aromatic carbocycles. The van der Waals surface area contributed by atoms with Crippen molar-refractivity contribution in [3.63, 3.8) is 0 Å². The molecule has 1 aliphatic rings. The van der Waals surface area contributed by atoms with Gasteiger partial charge in [-0.1, -0.05) is 30.3 Å². The number of aromatic nitrogens is 1. The van der Waals surface area contributed by atoms with Gasteiger partial charge in [-0.05, 0) is 37.0 Å². The van der Waals surface area contributed by atoms with Gasteiger partial charge in [0.2, 0.25) is 5.91 Å². The highest BCUT2D eigenvalue weighted by molar-refractivity contribution is 5.94. The molecule has 130 valence electrons. The molecule has 1 saturated heterocycles. The SMILES string of the molecule is O=C(CCc1ccccc1)NC1CCN(C(=O)c2ccncc2)CC1. The van der Waals surface area contributed by atoms with Crippen LogP contribution in [0.3, 0.4) is 0 Å². The maximum absolute atomic E-state index is 12.4. The first-order valence-electron chi connectivity index (χ1n) is 8.75. The predicted molar refractivity (Wildman–Crippen MR) is 96.1 cm³/mol. The first-order valence-corrected chi connectivity index (χ1v) is 8.75. The van der Waals surface area contributed by atoms with Gasteiger partial charge in [-0.3, -0.25) is 14.6 Å². The molecule has 0 unspecified atom stereocenters. The number of hydrogen-bond donors (Lipinski definition) is 1. The number of pyridine rings is 1. The summed E-state index contributed by atoms with van der Waals surface area (Å²) in [7, 11) is 0.